The van der Waals surface area contributed by atoms with Crippen LogP contribution in [0.5, 0.6) is 0 Å². The molecular weight excluding hydrogens is 292 g/mol. The molecule has 0 aliphatic carbocycles. The van der Waals surface area contributed by atoms with E-state index in [0.29, 0.717) is 12.8 Å². The van der Waals surface area contributed by atoms with Gasteiger partial charge in [0.25, 0.3) is 0 Å². The summed E-state index contributed by atoms with van der Waals surface area (Å²) in [6.07, 6.45) is 5.43. The van der Waals surface area contributed by atoms with Crippen molar-refractivity contribution in [2.75, 3.05) is 13.2 Å². The summed E-state index contributed by atoms with van der Waals surface area (Å²) in [6.45, 7) is 8.12. The maximum Gasteiger partial charge on any atom is 0.384 e. The molecule has 0 N–H and O–H groups in total. The molecule has 0 bridgehead atoms. The number of ether oxygens (including phenoxy) is 2. The third kappa shape index (κ3) is 13.4. The van der Waals surface area contributed by atoms with Gasteiger partial charge in [0.05, 0.1) is 0 Å². The highest BCUT2D eigenvalue weighted by Crippen LogP contribution is 2.16. The highest BCUT2D eigenvalue weighted by molar-refractivity contribution is 5.88. The molecule has 0 aliphatic rings. The Kier molecular flexibility index (Phi) is 11.5. The van der Waals surface area contributed by atoms with Crippen LogP contribution < -0.4 is 0 Å². The van der Waals surface area contributed by atoms with Gasteiger partial charge in [-0.3, -0.25) is 0 Å². The van der Waals surface area contributed by atoms with Crippen LogP contribution in [-0.4, -0.2) is 25.2 Å². The second kappa shape index (κ2) is 12.6. The summed E-state index contributed by atoms with van der Waals surface area (Å²) in [5.41, 5.74) is -0.471. The van der Waals surface area contributed by atoms with Crippen molar-refractivity contribution < 1.29 is 19.1 Å². The van der Waals surface area contributed by atoms with Gasteiger partial charge in [0, 0.05) is 30.1 Å². The maximum atomic E-state index is 11.5. The highest BCUT2D eigenvalue weighted by Gasteiger charge is 2.22. The second-order valence-corrected chi connectivity index (χ2v) is 6.13. The van der Waals surface area contributed by atoms with Crippen molar-refractivity contribution in [1.82, 2.24) is 0 Å². The molecule has 0 rings (SSSR count). The molecule has 0 spiro atoms. The lowest BCUT2D eigenvalue weighted by Gasteiger charge is -2.22. The third-order valence-electron chi connectivity index (χ3n) is 2.88. The molecule has 0 amide bonds. The molecule has 0 radical (unpaired) electrons. The molecule has 0 heterocycles. The zero-order chi connectivity index (χ0) is 17.6. The molecule has 23 heavy (non-hydrogen) atoms. The lowest BCUT2D eigenvalue weighted by atomic mass is 9.96. The van der Waals surface area contributed by atoms with E-state index in [4.69, 9.17) is 9.47 Å². The Morgan fingerprint density at radius 1 is 0.826 bits per heavy atom. The number of carbonyl (C=O) groups excluding carboxylic acids is 2. The first kappa shape index (κ1) is 21.1. The molecule has 128 valence electrons. The molecule has 0 fully saturated rings. The molecule has 0 aromatic rings. The molecule has 4 nitrogen and oxygen atoms in total. The topological polar surface area (TPSA) is 52.6 Å². The minimum atomic E-state index is -0.542. The van der Waals surface area contributed by atoms with Crippen molar-refractivity contribution in [3.8, 4) is 23.7 Å². The Labute approximate surface area is 140 Å². The van der Waals surface area contributed by atoms with Gasteiger partial charge in [0.2, 0.25) is 0 Å². The van der Waals surface area contributed by atoms with Crippen LogP contribution in [0.15, 0.2) is 0 Å². The normalized spacial score (nSPS) is 9.91. The van der Waals surface area contributed by atoms with Crippen molar-refractivity contribution in [2.45, 2.75) is 66.2 Å². The summed E-state index contributed by atoms with van der Waals surface area (Å²) < 4.78 is 10.2. The minimum Gasteiger partial charge on any atom is -0.455 e. The molecule has 0 atom stereocenters. The lowest BCUT2D eigenvalue weighted by Crippen LogP contribution is -2.28. The van der Waals surface area contributed by atoms with Gasteiger partial charge in [-0.25, -0.2) is 9.59 Å². The van der Waals surface area contributed by atoms with E-state index in [2.05, 4.69) is 37.5 Å². The van der Waals surface area contributed by atoms with Crippen molar-refractivity contribution in [3.05, 3.63) is 0 Å². The van der Waals surface area contributed by atoms with Crippen molar-refractivity contribution >= 4 is 11.9 Å². The third-order valence-corrected chi connectivity index (χ3v) is 2.88. The largest absolute Gasteiger partial charge is 0.455 e. The van der Waals surface area contributed by atoms with Crippen LogP contribution in [0.2, 0.25) is 0 Å². The van der Waals surface area contributed by atoms with Crippen LogP contribution in [-0.2, 0) is 19.1 Å². The van der Waals surface area contributed by atoms with E-state index in [9.17, 15) is 9.59 Å². The fourth-order valence-electron chi connectivity index (χ4n) is 1.44. The van der Waals surface area contributed by atoms with E-state index < -0.39 is 17.4 Å². The summed E-state index contributed by atoms with van der Waals surface area (Å²) in [5.74, 6) is 9.38. The van der Waals surface area contributed by atoms with Crippen LogP contribution in [0, 0.1) is 29.1 Å². The van der Waals surface area contributed by atoms with Gasteiger partial charge in [-0.1, -0.05) is 52.4 Å². The number of hydrogen-bond donors (Lipinski definition) is 0. The average Bonchev–Trinajstić information content (AvgIpc) is 2.52. The first-order valence-corrected chi connectivity index (χ1v) is 8.22. The quantitative estimate of drug-likeness (QED) is 0.297. The SMILES string of the molecule is CCCCC#CC(=O)OCC(C)(C)COC(=O)C#CCCCC. The zero-order valence-electron chi connectivity index (χ0n) is 14.8. The van der Waals surface area contributed by atoms with Crippen LogP contribution in [0.4, 0.5) is 0 Å². The summed E-state index contributed by atoms with van der Waals surface area (Å²) >= 11 is 0. The second-order valence-electron chi connectivity index (χ2n) is 6.13. The van der Waals surface area contributed by atoms with Crippen LogP contribution in [0.3, 0.4) is 0 Å². The van der Waals surface area contributed by atoms with Gasteiger partial charge < -0.3 is 9.47 Å². The Hall–Kier alpha value is -1.94. The number of rotatable bonds is 8. The van der Waals surface area contributed by atoms with Gasteiger partial charge in [-0.05, 0) is 12.8 Å². The predicted molar refractivity (Wildman–Crippen MR) is 90.3 cm³/mol. The van der Waals surface area contributed by atoms with E-state index >= 15 is 0 Å². The van der Waals surface area contributed by atoms with Crippen LogP contribution in [0.1, 0.15) is 66.2 Å². The Bertz CT molecular complexity index is 439. The molecule has 0 aromatic carbocycles. The Morgan fingerprint density at radius 3 is 1.57 bits per heavy atom. The molecule has 0 saturated carbocycles. The summed E-state index contributed by atoms with van der Waals surface area (Å²) in [5, 5.41) is 0. The molecule has 0 unspecified atom stereocenters. The van der Waals surface area contributed by atoms with E-state index in [1.807, 2.05) is 13.8 Å². The van der Waals surface area contributed by atoms with Crippen molar-refractivity contribution in [3.63, 3.8) is 0 Å². The van der Waals surface area contributed by atoms with E-state index in [1.54, 1.807) is 0 Å². The van der Waals surface area contributed by atoms with Gasteiger partial charge in [0.15, 0.2) is 0 Å². The van der Waals surface area contributed by atoms with Crippen molar-refractivity contribution in [2.24, 2.45) is 5.41 Å². The molecular formula is C19H28O4. The van der Waals surface area contributed by atoms with Crippen molar-refractivity contribution in [1.29, 1.82) is 0 Å². The lowest BCUT2D eigenvalue weighted by molar-refractivity contribution is -0.145. The first-order chi connectivity index (χ1) is 10.9. The fourth-order valence-corrected chi connectivity index (χ4v) is 1.44. The monoisotopic (exact) mass is 320 g/mol. The number of carbonyl (C=O) groups is 2. The number of hydrogen-bond acceptors (Lipinski definition) is 4. The maximum absolute atomic E-state index is 11.5. The predicted octanol–water partition coefficient (Wildman–Crippen LogP) is 3.49. The number of esters is 2. The smallest absolute Gasteiger partial charge is 0.384 e. The van der Waals surface area contributed by atoms with Gasteiger partial charge in [-0.15, -0.1) is 0 Å². The summed E-state index contributed by atoms with van der Waals surface area (Å²) in [6, 6.07) is 0. The van der Waals surface area contributed by atoms with Crippen LogP contribution in [0.25, 0.3) is 0 Å². The first-order valence-electron chi connectivity index (χ1n) is 8.22. The standard InChI is InChI=1S/C19H28O4/c1-5-7-9-11-13-17(20)22-15-19(3,4)16-23-18(21)14-12-10-8-6-2/h5-10,15-16H2,1-4H3. The molecule has 0 saturated heterocycles. The fraction of sp³-hybridized carbons (Fsp3) is 0.684. The van der Waals surface area contributed by atoms with E-state index in [-0.39, 0.29) is 13.2 Å². The van der Waals surface area contributed by atoms with Crippen LogP contribution >= 0.6 is 0 Å². The molecule has 4 heteroatoms. The Balaban J connectivity index is 4.07. The minimum absolute atomic E-state index is 0.144. The van der Waals surface area contributed by atoms with Gasteiger partial charge in [-0.2, -0.15) is 0 Å². The summed E-state index contributed by atoms with van der Waals surface area (Å²) in [7, 11) is 0. The summed E-state index contributed by atoms with van der Waals surface area (Å²) in [4.78, 5) is 22.9. The zero-order valence-corrected chi connectivity index (χ0v) is 14.8. The average molecular weight is 320 g/mol. The van der Waals surface area contributed by atoms with E-state index in [1.165, 1.54) is 0 Å². The highest BCUT2D eigenvalue weighted by atomic mass is 16.5. The molecule has 0 aromatic heterocycles. The molecule has 0 aliphatic heterocycles. The van der Waals surface area contributed by atoms with E-state index in [0.717, 1.165) is 25.7 Å². The van der Waals surface area contributed by atoms with Gasteiger partial charge >= 0.3 is 11.9 Å². The van der Waals surface area contributed by atoms with Gasteiger partial charge in [0.1, 0.15) is 13.2 Å². The number of unbranched alkanes of at least 4 members (excludes halogenated alkanes) is 4. The Morgan fingerprint density at radius 2 is 1.22 bits per heavy atom.